The number of carbonyl (C=O) groups is 2. The van der Waals surface area contributed by atoms with Gasteiger partial charge < -0.3 is 15.3 Å². The number of nitrogens with one attached hydrogen (secondary N) is 1. The number of benzene rings is 1. The maximum atomic E-state index is 11.9. The van der Waals surface area contributed by atoms with Crippen LogP contribution in [0.15, 0.2) is 33.2 Å². The van der Waals surface area contributed by atoms with E-state index >= 15 is 0 Å². The number of carboxylic acid groups (broad SMARTS) is 2. The van der Waals surface area contributed by atoms with Gasteiger partial charge in [-0.25, -0.2) is 9.59 Å². The van der Waals surface area contributed by atoms with E-state index in [-0.39, 0.29) is 22.5 Å². The van der Waals surface area contributed by atoms with Crippen molar-refractivity contribution in [2.24, 2.45) is 10.2 Å². The van der Waals surface area contributed by atoms with Crippen molar-refractivity contribution in [1.29, 1.82) is 5.26 Å². The number of nitrogens with zero attached hydrogens (tertiary/aromatic N) is 3. The van der Waals surface area contributed by atoms with Gasteiger partial charge in [0.25, 0.3) is 5.56 Å². The molecule has 0 amide bonds. The summed E-state index contributed by atoms with van der Waals surface area (Å²) in [6.45, 7) is 1.35. The molecule has 0 saturated heterocycles. The number of pyridine rings is 1. The molecule has 0 atom stereocenters. The molecule has 0 aliphatic rings. The molecule has 10 heteroatoms. The van der Waals surface area contributed by atoms with Gasteiger partial charge in [-0.1, -0.05) is 6.07 Å². The van der Waals surface area contributed by atoms with Gasteiger partial charge in [-0.05, 0) is 19.1 Å². The minimum absolute atomic E-state index is 0.0405. The second-order valence-corrected chi connectivity index (χ2v) is 4.77. The fourth-order valence-corrected chi connectivity index (χ4v) is 2.08. The molecule has 10 nitrogen and oxygen atoms in total. The van der Waals surface area contributed by atoms with Gasteiger partial charge in [-0.15, -0.1) is 10.2 Å². The van der Waals surface area contributed by atoms with Gasteiger partial charge in [0.05, 0.1) is 5.56 Å². The van der Waals surface area contributed by atoms with Crippen molar-refractivity contribution in [2.45, 2.75) is 6.92 Å². The average molecular weight is 342 g/mol. The molecule has 0 aliphatic heterocycles. The van der Waals surface area contributed by atoms with Gasteiger partial charge in [-0.3, -0.25) is 9.78 Å². The molecule has 0 spiro atoms. The van der Waals surface area contributed by atoms with Crippen LogP contribution >= 0.6 is 0 Å². The zero-order valence-electron chi connectivity index (χ0n) is 12.6. The monoisotopic (exact) mass is 342 g/mol. The highest BCUT2D eigenvalue weighted by Gasteiger charge is 2.20. The number of hydrogen-bond acceptors (Lipinski definition) is 7. The van der Waals surface area contributed by atoms with E-state index in [1.165, 1.54) is 19.1 Å². The lowest BCUT2D eigenvalue weighted by atomic mass is 10.1. The highest BCUT2D eigenvalue weighted by molar-refractivity contribution is 6.05. The number of rotatable bonds is 4. The predicted molar refractivity (Wildman–Crippen MR) is 82.7 cm³/mol. The molecule has 25 heavy (non-hydrogen) atoms. The maximum absolute atomic E-state index is 11.9. The van der Waals surface area contributed by atoms with Crippen molar-refractivity contribution in [3.05, 3.63) is 50.8 Å². The van der Waals surface area contributed by atoms with Crippen LogP contribution < -0.4 is 5.56 Å². The Balaban J connectivity index is 2.65. The number of hydrogen-bond donors (Lipinski definition) is 4. The zero-order chi connectivity index (χ0) is 18.7. The Morgan fingerprint density at radius 2 is 1.88 bits per heavy atom. The van der Waals surface area contributed by atoms with E-state index in [0.29, 0.717) is 0 Å². The second-order valence-electron chi connectivity index (χ2n) is 4.77. The summed E-state index contributed by atoms with van der Waals surface area (Å²) in [5.74, 6) is -3.61. The van der Waals surface area contributed by atoms with Crippen molar-refractivity contribution >= 4 is 23.3 Å². The SMILES string of the molecule is Cc1c(C#N)c(O)[nH]c(=O)c1N=Nc1cccc(C(=O)O)c1C(=O)O. The fourth-order valence-electron chi connectivity index (χ4n) is 2.08. The van der Waals surface area contributed by atoms with Crippen LogP contribution in [0.3, 0.4) is 0 Å². The average Bonchev–Trinajstić information content (AvgIpc) is 2.54. The van der Waals surface area contributed by atoms with Gasteiger partial charge in [0, 0.05) is 5.56 Å². The summed E-state index contributed by atoms with van der Waals surface area (Å²) in [5, 5.41) is 44.0. The Hall–Kier alpha value is -4.00. The first-order valence-electron chi connectivity index (χ1n) is 6.65. The Morgan fingerprint density at radius 3 is 2.44 bits per heavy atom. The highest BCUT2D eigenvalue weighted by atomic mass is 16.4. The number of carboxylic acids is 2. The number of aromatic hydroxyl groups is 1. The first kappa shape index (κ1) is 17.4. The van der Waals surface area contributed by atoms with Gasteiger partial charge in [0.1, 0.15) is 22.9 Å². The number of aromatic amines is 1. The topological polar surface area (TPSA) is 176 Å². The molecule has 1 aromatic carbocycles. The lowest BCUT2D eigenvalue weighted by Gasteiger charge is -2.05. The van der Waals surface area contributed by atoms with Crippen LogP contribution in [0.5, 0.6) is 5.88 Å². The third kappa shape index (κ3) is 3.20. The van der Waals surface area contributed by atoms with E-state index in [0.717, 1.165) is 6.07 Å². The largest absolute Gasteiger partial charge is 0.494 e. The summed E-state index contributed by atoms with van der Waals surface area (Å²) >= 11 is 0. The first-order chi connectivity index (χ1) is 11.8. The second kappa shape index (κ2) is 6.63. The van der Waals surface area contributed by atoms with Gasteiger partial charge in [0.2, 0.25) is 5.88 Å². The highest BCUT2D eigenvalue weighted by Crippen LogP contribution is 2.27. The molecule has 0 unspecified atom stereocenters. The minimum atomic E-state index is -1.53. The Kier molecular flexibility index (Phi) is 4.60. The van der Waals surface area contributed by atoms with E-state index in [2.05, 4.69) is 10.2 Å². The smallest absolute Gasteiger partial charge is 0.338 e. The number of H-pyrrole nitrogens is 1. The van der Waals surface area contributed by atoms with E-state index in [9.17, 15) is 24.6 Å². The van der Waals surface area contributed by atoms with Gasteiger partial charge >= 0.3 is 11.9 Å². The number of nitriles is 1. The molecule has 2 aromatic rings. The van der Waals surface area contributed by atoms with E-state index < -0.39 is 34.5 Å². The van der Waals surface area contributed by atoms with Crippen molar-refractivity contribution < 1.29 is 24.9 Å². The summed E-state index contributed by atoms with van der Waals surface area (Å²) in [5.41, 5.74) is -2.69. The third-order valence-corrected chi connectivity index (χ3v) is 3.27. The minimum Gasteiger partial charge on any atom is -0.494 e. The molecule has 0 saturated carbocycles. The zero-order valence-corrected chi connectivity index (χ0v) is 12.6. The predicted octanol–water partition coefficient (Wildman–Crippen LogP) is 2.07. The van der Waals surface area contributed by atoms with E-state index in [1.54, 1.807) is 6.07 Å². The summed E-state index contributed by atoms with van der Waals surface area (Å²) < 4.78 is 0. The van der Waals surface area contributed by atoms with Crippen LogP contribution in [0.4, 0.5) is 11.4 Å². The number of azo groups is 1. The van der Waals surface area contributed by atoms with Crippen LogP contribution in [0, 0.1) is 18.3 Å². The normalized spacial score (nSPS) is 10.6. The molecule has 2 rings (SSSR count). The van der Waals surface area contributed by atoms with Crippen LogP contribution in [0.2, 0.25) is 0 Å². The Morgan fingerprint density at radius 1 is 1.20 bits per heavy atom. The molecule has 1 heterocycles. The molecule has 0 radical (unpaired) electrons. The van der Waals surface area contributed by atoms with E-state index in [1.807, 2.05) is 4.98 Å². The van der Waals surface area contributed by atoms with Gasteiger partial charge in [0.15, 0.2) is 5.69 Å². The summed E-state index contributed by atoms with van der Waals surface area (Å²) in [6.07, 6.45) is 0. The summed E-state index contributed by atoms with van der Waals surface area (Å²) in [7, 11) is 0. The maximum Gasteiger partial charge on any atom is 0.338 e. The van der Waals surface area contributed by atoms with Crippen LogP contribution in [0.25, 0.3) is 0 Å². The lowest BCUT2D eigenvalue weighted by Crippen LogP contribution is -2.09. The molecule has 0 aliphatic carbocycles. The number of aromatic nitrogens is 1. The molecule has 0 bridgehead atoms. The molecular formula is C15H10N4O6. The van der Waals surface area contributed by atoms with Crippen LogP contribution in [-0.2, 0) is 0 Å². The number of aromatic carboxylic acids is 2. The van der Waals surface area contributed by atoms with Crippen LogP contribution in [-0.4, -0.2) is 32.2 Å². The molecule has 0 fully saturated rings. The van der Waals surface area contributed by atoms with Crippen LogP contribution in [0.1, 0.15) is 31.8 Å². The van der Waals surface area contributed by atoms with Gasteiger partial charge in [-0.2, -0.15) is 5.26 Å². The fraction of sp³-hybridized carbons (Fsp3) is 0.0667. The quantitative estimate of drug-likeness (QED) is 0.614. The van der Waals surface area contributed by atoms with Crippen molar-refractivity contribution in [3.8, 4) is 11.9 Å². The molecule has 126 valence electrons. The Bertz CT molecular complexity index is 1020. The molecule has 1 aromatic heterocycles. The summed E-state index contributed by atoms with van der Waals surface area (Å²) in [6, 6.07) is 5.28. The first-order valence-corrected chi connectivity index (χ1v) is 6.65. The van der Waals surface area contributed by atoms with Crippen molar-refractivity contribution in [1.82, 2.24) is 4.98 Å². The molecule has 4 N–H and O–H groups in total. The van der Waals surface area contributed by atoms with Crippen molar-refractivity contribution in [2.75, 3.05) is 0 Å². The standard InChI is InChI=1S/C15H10N4O6/c1-6-8(5-16)12(20)17-13(21)11(6)19-18-9-4-2-3-7(14(22)23)10(9)15(24)25/h2-4H,1H3,(H,22,23)(H,24,25)(H2,17,20,21). The third-order valence-electron chi connectivity index (χ3n) is 3.27. The Labute approximate surface area is 139 Å². The lowest BCUT2D eigenvalue weighted by molar-refractivity contribution is 0.0652. The molecular weight excluding hydrogens is 332 g/mol. The van der Waals surface area contributed by atoms with E-state index in [4.69, 9.17) is 10.4 Å². The van der Waals surface area contributed by atoms with Crippen molar-refractivity contribution in [3.63, 3.8) is 0 Å². The summed E-state index contributed by atoms with van der Waals surface area (Å²) in [4.78, 5) is 36.3.